The first-order chi connectivity index (χ1) is 8.65. The summed E-state index contributed by atoms with van der Waals surface area (Å²) in [6.07, 6.45) is 19.7. The van der Waals surface area contributed by atoms with Crippen molar-refractivity contribution in [1.29, 1.82) is 0 Å². The first-order valence-corrected chi connectivity index (χ1v) is 7.10. The van der Waals surface area contributed by atoms with E-state index in [2.05, 4.69) is 38.2 Å². The molecule has 0 saturated carbocycles. The van der Waals surface area contributed by atoms with Gasteiger partial charge in [0.15, 0.2) is 0 Å². The van der Waals surface area contributed by atoms with Gasteiger partial charge in [0, 0.05) is 6.92 Å². The molecular formula is C16H30O2. The molecule has 0 rings (SSSR count). The maximum atomic E-state index is 9.00. The van der Waals surface area contributed by atoms with Crippen molar-refractivity contribution in [2.75, 3.05) is 0 Å². The Morgan fingerprint density at radius 1 is 1.00 bits per heavy atom. The Hall–Kier alpha value is -1.05. The Kier molecular flexibility index (Phi) is 19.6. The van der Waals surface area contributed by atoms with E-state index in [4.69, 9.17) is 9.90 Å². The van der Waals surface area contributed by atoms with Gasteiger partial charge in [-0.15, -0.1) is 0 Å². The number of aliphatic carboxylic acids is 1. The Bertz CT molecular complexity index is 213. The number of rotatable bonds is 9. The highest BCUT2D eigenvalue weighted by molar-refractivity contribution is 5.62. The highest BCUT2D eigenvalue weighted by Gasteiger charge is 1.87. The molecule has 0 fully saturated rings. The van der Waals surface area contributed by atoms with Crippen LogP contribution in [0.15, 0.2) is 24.3 Å². The van der Waals surface area contributed by atoms with Crippen molar-refractivity contribution in [2.24, 2.45) is 0 Å². The Labute approximate surface area is 113 Å². The van der Waals surface area contributed by atoms with Crippen LogP contribution in [0.4, 0.5) is 0 Å². The van der Waals surface area contributed by atoms with Crippen LogP contribution in [0.5, 0.6) is 0 Å². The lowest BCUT2D eigenvalue weighted by Gasteiger charge is -1.97. The highest BCUT2D eigenvalue weighted by Crippen LogP contribution is 2.07. The SMILES string of the molecule is C/C=C/C/C=C\CCCCCCCC.CC(=O)O. The van der Waals surface area contributed by atoms with Gasteiger partial charge in [0.1, 0.15) is 0 Å². The van der Waals surface area contributed by atoms with Gasteiger partial charge in [-0.3, -0.25) is 4.79 Å². The Balaban J connectivity index is 0. The molecule has 0 aromatic rings. The summed E-state index contributed by atoms with van der Waals surface area (Å²) >= 11 is 0. The van der Waals surface area contributed by atoms with Crippen LogP contribution >= 0.6 is 0 Å². The van der Waals surface area contributed by atoms with E-state index < -0.39 is 5.97 Å². The van der Waals surface area contributed by atoms with Gasteiger partial charge in [-0.05, 0) is 26.2 Å². The third-order valence-corrected chi connectivity index (χ3v) is 2.40. The number of hydrogen-bond donors (Lipinski definition) is 1. The maximum absolute atomic E-state index is 9.00. The summed E-state index contributed by atoms with van der Waals surface area (Å²) < 4.78 is 0. The van der Waals surface area contributed by atoms with Gasteiger partial charge in [0.05, 0.1) is 0 Å². The molecule has 106 valence electrons. The van der Waals surface area contributed by atoms with E-state index in [9.17, 15) is 0 Å². The molecule has 2 heteroatoms. The molecule has 0 radical (unpaired) electrons. The van der Waals surface area contributed by atoms with Crippen LogP contribution in [-0.4, -0.2) is 11.1 Å². The summed E-state index contributed by atoms with van der Waals surface area (Å²) in [5.41, 5.74) is 0. The van der Waals surface area contributed by atoms with Gasteiger partial charge in [-0.25, -0.2) is 0 Å². The zero-order chi connectivity index (χ0) is 14.1. The van der Waals surface area contributed by atoms with E-state index in [1.54, 1.807) is 0 Å². The number of hydrogen-bond acceptors (Lipinski definition) is 1. The van der Waals surface area contributed by atoms with Gasteiger partial charge < -0.3 is 5.11 Å². The molecule has 0 aromatic carbocycles. The minimum atomic E-state index is -0.833. The molecule has 0 aliphatic carbocycles. The zero-order valence-electron chi connectivity index (χ0n) is 12.3. The predicted molar refractivity (Wildman–Crippen MR) is 79.9 cm³/mol. The number of carbonyl (C=O) groups is 1. The standard InChI is InChI=1S/C14H26.C2H4O2/c1-3-5-7-9-11-13-14-12-10-8-6-4-2;1-2(3)4/h3,5,9,11H,4,6-8,10,12-14H2,1-2H3;1H3,(H,3,4)/b5-3+,11-9-;. The summed E-state index contributed by atoms with van der Waals surface area (Å²) in [4.78, 5) is 9.00. The topological polar surface area (TPSA) is 37.3 Å². The largest absolute Gasteiger partial charge is 0.481 e. The van der Waals surface area contributed by atoms with Crippen LogP contribution in [-0.2, 0) is 4.79 Å². The van der Waals surface area contributed by atoms with E-state index >= 15 is 0 Å². The van der Waals surface area contributed by atoms with Gasteiger partial charge >= 0.3 is 0 Å². The van der Waals surface area contributed by atoms with Crippen LogP contribution in [0.25, 0.3) is 0 Å². The van der Waals surface area contributed by atoms with Crippen LogP contribution < -0.4 is 0 Å². The molecule has 0 aliphatic rings. The van der Waals surface area contributed by atoms with Crippen LogP contribution in [0.1, 0.15) is 72.1 Å². The average molecular weight is 254 g/mol. The normalized spacial score (nSPS) is 10.6. The van der Waals surface area contributed by atoms with Gasteiger partial charge in [-0.2, -0.15) is 0 Å². The molecule has 1 N–H and O–H groups in total. The third-order valence-electron chi connectivity index (χ3n) is 2.40. The predicted octanol–water partition coefficient (Wildman–Crippen LogP) is 5.35. The summed E-state index contributed by atoms with van der Waals surface area (Å²) in [5, 5.41) is 7.42. The summed E-state index contributed by atoms with van der Waals surface area (Å²) in [6, 6.07) is 0. The van der Waals surface area contributed by atoms with E-state index in [1.807, 2.05) is 0 Å². The molecule has 18 heavy (non-hydrogen) atoms. The van der Waals surface area contributed by atoms with Gasteiger partial charge in [-0.1, -0.05) is 63.3 Å². The molecule has 0 unspecified atom stereocenters. The van der Waals surface area contributed by atoms with E-state index in [0.29, 0.717) is 0 Å². The first-order valence-electron chi connectivity index (χ1n) is 7.10. The monoisotopic (exact) mass is 254 g/mol. The van der Waals surface area contributed by atoms with Crippen molar-refractivity contribution in [3.63, 3.8) is 0 Å². The second kappa shape index (κ2) is 18.3. The number of carboxylic acid groups (broad SMARTS) is 1. The van der Waals surface area contributed by atoms with Crippen molar-refractivity contribution in [2.45, 2.75) is 72.1 Å². The van der Waals surface area contributed by atoms with Crippen molar-refractivity contribution in [1.82, 2.24) is 0 Å². The minimum absolute atomic E-state index is 0.833. The second-order valence-electron chi connectivity index (χ2n) is 4.35. The lowest BCUT2D eigenvalue weighted by atomic mass is 10.1. The molecule has 2 nitrogen and oxygen atoms in total. The lowest BCUT2D eigenvalue weighted by Crippen LogP contribution is -1.78. The molecule has 0 bridgehead atoms. The van der Waals surface area contributed by atoms with Crippen LogP contribution in [0, 0.1) is 0 Å². The summed E-state index contributed by atoms with van der Waals surface area (Å²) in [6.45, 7) is 5.42. The van der Waals surface area contributed by atoms with E-state index in [1.165, 1.54) is 44.9 Å². The van der Waals surface area contributed by atoms with Gasteiger partial charge in [0.2, 0.25) is 0 Å². The molecule has 0 atom stereocenters. The fraction of sp³-hybridized carbons (Fsp3) is 0.688. The molecule has 0 spiro atoms. The van der Waals surface area contributed by atoms with E-state index in [0.717, 1.165) is 13.3 Å². The lowest BCUT2D eigenvalue weighted by molar-refractivity contribution is -0.134. The first kappa shape index (κ1) is 19.3. The molecule has 0 aromatic heterocycles. The fourth-order valence-electron chi connectivity index (χ4n) is 1.47. The van der Waals surface area contributed by atoms with Crippen LogP contribution in [0.3, 0.4) is 0 Å². The van der Waals surface area contributed by atoms with Crippen molar-refractivity contribution in [3.05, 3.63) is 24.3 Å². The van der Waals surface area contributed by atoms with E-state index in [-0.39, 0.29) is 0 Å². The second-order valence-corrected chi connectivity index (χ2v) is 4.35. The number of unbranched alkanes of at least 4 members (excludes halogenated alkanes) is 6. The number of carboxylic acids is 1. The third kappa shape index (κ3) is 29.4. The Morgan fingerprint density at radius 2 is 1.56 bits per heavy atom. The van der Waals surface area contributed by atoms with Crippen molar-refractivity contribution < 1.29 is 9.90 Å². The van der Waals surface area contributed by atoms with Crippen molar-refractivity contribution in [3.8, 4) is 0 Å². The molecule has 0 amide bonds. The Morgan fingerprint density at radius 3 is 2.11 bits per heavy atom. The zero-order valence-corrected chi connectivity index (χ0v) is 12.3. The molecule has 0 saturated heterocycles. The smallest absolute Gasteiger partial charge is 0.300 e. The highest BCUT2D eigenvalue weighted by atomic mass is 16.4. The molecule has 0 heterocycles. The quantitative estimate of drug-likeness (QED) is 0.445. The minimum Gasteiger partial charge on any atom is -0.481 e. The molecule has 0 aliphatic heterocycles. The average Bonchev–Trinajstić information content (AvgIpc) is 2.31. The maximum Gasteiger partial charge on any atom is 0.300 e. The summed E-state index contributed by atoms with van der Waals surface area (Å²) in [5.74, 6) is -0.833. The van der Waals surface area contributed by atoms with Crippen LogP contribution in [0.2, 0.25) is 0 Å². The van der Waals surface area contributed by atoms with Gasteiger partial charge in [0.25, 0.3) is 5.97 Å². The fourth-order valence-corrected chi connectivity index (χ4v) is 1.47. The van der Waals surface area contributed by atoms with Crippen molar-refractivity contribution >= 4 is 5.97 Å². The summed E-state index contributed by atoms with van der Waals surface area (Å²) in [7, 11) is 0. The number of allylic oxidation sites excluding steroid dienone is 4. The molecular weight excluding hydrogens is 224 g/mol.